The number of rotatable bonds is 3. The molecule has 172 valence electrons. The molecular weight excluding hydrogens is 458 g/mol. The van der Waals surface area contributed by atoms with Crippen LogP contribution in [0.4, 0.5) is 5.69 Å². The Morgan fingerprint density at radius 1 is 1.18 bits per heavy atom. The molecule has 6 atom stereocenters. The molecule has 2 aliphatic carbocycles. The minimum absolute atomic E-state index is 0.0500. The Balaban J connectivity index is 1.26. The number of thiazole rings is 1. The number of aromatic nitrogens is 1. The lowest BCUT2D eigenvalue weighted by molar-refractivity contribution is -0.143. The summed E-state index contributed by atoms with van der Waals surface area (Å²) in [6.45, 7) is 6.02. The molecule has 4 aliphatic rings. The number of hydrogen-bond donors (Lipinski definition) is 2. The number of hydrogen-bond acceptors (Lipinski definition) is 6. The quantitative estimate of drug-likeness (QED) is 0.654. The fourth-order valence-corrected chi connectivity index (χ4v) is 10.1. The van der Waals surface area contributed by atoms with E-state index in [1.807, 2.05) is 25.1 Å². The summed E-state index contributed by atoms with van der Waals surface area (Å²) < 4.78 is 0. The summed E-state index contributed by atoms with van der Waals surface area (Å²) in [7, 11) is 0. The van der Waals surface area contributed by atoms with E-state index in [1.54, 1.807) is 17.8 Å². The summed E-state index contributed by atoms with van der Waals surface area (Å²) in [5, 5.41) is 3.93. The molecule has 6 rings (SSSR count). The van der Waals surface area contributed by atoms with Gasteiger partial charge in [-0.2, -0.15) is 0 Å². The highest BCUT2D eigenvalue weighted by Gasteiger charge is 2.70. The third kappa shape index (κ3) is 2.94. The Kier molecular flexibility index (Phi) is 4.52. The SMILES string of the molecule is Cc1cccc(NC(=O)CN2C(=O)C3C4CC(C3C2=O)C2C4Sc3[nH]c(=O)sc3C2(C)C)c1. The van der Waals surface area contributed by atoms with Crippen LogP contribution in [-0.4, -0.2) is 39.4 Å². The second kappa shape index (κ2) is 7.06. The molecule has 0 spiro atoms. The number of amides is 3. The van der Waals surface area contributed by atoms with E-state index in [4.69, 9.17) is 0 Å². The third-order valence-corrected chi connectivity index (χ3v) is 10.9. The van der Waals surface area contributed by atoms with Gasteiger partial charge in [-0.15, -0.1) is 11.8 Å². The van der Waals surface area contributed by atoms with E-state index in [2.05, 4.69) is 24.1 Å². The first-order valence-electron chi connectivity index (χ1n) is 11.3. The minimum Gasteiger partial charge on any atom is -0.325 e. The van der Waals surface area contributed by atoms with Crippen LogP contribution in [0.2, 0.25) is 0 Å². The predicted octanol–water partition coefficient (Wildman–Crippen LogP) is 3.00. The zero-order valence-corrected chi connectivity index (χ0v) is 20.2. The van der Waals surface area contributed by atoms with Gasteiger partial charge in [-0.05, 0) is 48.8 Å². The van der Waals surface area contributed by atoms with Crippen molar-refractivity contribution in [2.75, 3.05) is 11.9 Å². The van der Waals surface area contributed by atoms with Gasteiger partial charge in [0.05, 0.1) is 16.9 Å². The van der Waals surface area contributed by atoms with Crippen LogP contribution >= 0.6 is 23.1 Å². The van der Waals surface area contributed by atoms with E-state index in [-0.39, 0.29) is 69.4 Å². The van der Waals surface area contributed by atoms with Crippen LogP contribution in [0, 0.1) is 36.5 Å². The van der Waals surface area contributed by atoms with Crippen molar-refractivity contribution in [3.63, 3.8) is 0 Å². The van der Waals surface area contributed by atoms with Gasteiger partial charge in [0.2, 0.25) is 17.7 Å². The van der Waals surface area contributed by atoms with Crippen LogP contribution in [0.5, 0.6) is 0 Å². The number of thioether (sulfide) groups is 1. The third-order valence-electron chi connectivity index (χ3n) is 8.09. The van der Waals surface area contributed by atoms with E-state index < -0.39 is 0 Å². The molecule has 2 aliphatic heterocycles. The second-order valence-corrected chi connectivity index (χ2v) is 12.5. The van der Waals surface area contributed by atoms with Gasteiger partial charge >= 0.3 is 4.87 Å². The van der Waals surface area contributed by atoms with Gasteiger partial charge < -0.3 is 10.3 Å². The normalized spacial score (nSPS) is 33.1. The Morgan fingerprint density at radius 2 is 1.91 bits per heavy atom. The Bertz CT molecular complexity index is 1260. The topological polar surface area (TPSA) is 99.3 Å². The number of H-pyrrole nitrogens is 1. The number of anilines is 1. The number of aryl methyl sites for hydroxylation is 1. The van der Waals surface area contributed by atoms with E-state index in [0.29, 0.717) is 5.69 Å². The lowest BCUT2D eigenvalue weighted by Crippen LogP contribution is -2.48. The summed E-state index contributed by atoms with van der Waals surface area (Å²) in [4.78, 5) is 56.7. The Morgan fingerprint density at radius 3 is 2.64 bits per heavy atom. The highest BCUT2D eigenvalue weighted by molar-refractivity contribution is 8.00. The highest BCUT2D eigenvalue weighted by Crippen LogP contribution is 2.68. The summed E-state index contributed by atoms with van der Waals surface area (Å²) in [6, 6.07) is 7.44. The van der Waals surface area contributed by atoms with Crippen molar-refractivity contribution in [3.8, 4) is 0 Å². The molecule has 3 heterocycles. The lowest BCUT2D eigenvalue weighted by atomic mass is 9.64. The van der Waals surface area contributed by atoms with Gasteiger partial charge in [0.25, 0.3) is 0 Å². The smallest absolute Gasteiger partial charge is 0.305 e. The Labute approximate surface area is 199 Å². The van der Waals surface area contributed by atoms with Crippen molar-refractivity contribution in [1.29, 1.82) is 0 Å². The molecule has 7 nitrogen and oxygen atoms in total. The van der Waals surface area contributed by atoms with Crippen molar-refractivity contribution < 1.29 is 14.4 Å². The minimum atomic E-state index is -0.360. The maximum Gasteiger partial charge on any atom is 0.305 e. The van der Waals surface area contributed by atoms with E-state index in [0.717, 1.165) is 21.9 Å². The first kappa shape index (κ1) is 21.2. The maximum atomic E-state index is 13.4. The predicted molar refractivity (Wildman–Crippen MR) is 126 cm³/mol. The van der Waals surface area contributed by atoms with Crippen LogP contribution in [-0.2, 0) is 19.8 Å². The van der Waals surface area contributed by atoms with Crippen molar-refractivity contribution in [2.45, 2.75) is 42.9 Å². The van der Waals surface area contributed by atoms with E-state index in [1.165, 1.54) is 16.2 Å². The van der Waals surface area contributed by atoms with Crippen molar-refractivity contribution in [1.82, 2.24) is 9.88 Å². The molecule has 3 amide bonds. The molecule has 3 fully saturated rings. The average Bonchev–Trinajstić information content (AvgIpc) is 3.46. The maximum absolute atomic E-state index is 13.4. The van der Waals surface area contributed by atoms with Crippen LogP contribution in [0.1, 0.15) is 30.7 Å². The van der Waals surface area contributed by atoms with Gasteiger partial charge in [0, 0.05) is 21.2 Å². The van der Waals surface area contributed by atoms with Crippen molar-refractivity contribution >= 4 is 46.5 Å². The van der Waals surface area contributed by atoms with Gasteiger partial charge in [0.1, 0.15) is 6.54 Å². The lowest BCUT2D eigenvalue weighted by Gasteiger charge is -2.47. The van der Waals surface area contributed by atoms with Crippen LogP contribution in [0.15, 0.2) is 34.1 Å². The number of nitrogens with one attached hydrogen (secondary N) is 2. The molecule has 1 saturated heterocycles. The number of benzene rings is 1. The number of imide groups is 1. The first-order valence-corrected chi connectivity index (χ1v) is 13.0. The molecule has 6 unspecified atom stereocenters. The number of nitrogens with zero attached hydrogens (tertiary/aromatic N) is 1. The number of aromatic amines is 1. The number of carbonyl (C=O) groups excluding carboxylic acids is 3. The Hall–Kier alpha value is -2.39. The molecule has 1 aromatic heterocycles. The number of fused-ring (bicyclic) bond motifs is 9. The summed E-state index contributed by atoms with van der Waals surface area (Å²) in [6.07, 6.45) is 0.862. The van der Waals surface area contributed by atoms with Gasteiger partial charge in [-0.1, -0.05) is 37.3 Å². The fraction of sp³-hybridized carbons (Fsp3) is 0.500. The van der Waals surface area contributed by atoms with Crippen molar-refractivity contribution in [3.05, 3.63) is 44.4 Å². The largest absolute Gasteiger partial charge is 0.325 e. The number of carbonyl (C=O) groups is 3. The molecule has 9 heteroatoms. The molecule has 2 aromatic rings. The molecule has 2 saturated carbocycles. The summed E-state index contributed by atoms with van der Waals surface area (Å²) >= 11 is 2.94. The van der Waals surface area contributed by atoms with Crippen LogP contribution in [0.3, 0.4) is 0 Å². The molecule has 33 heavy (non-hydrogen) atoms. The molecule has 1 aromatic carbocycles. The van der Waals surface area contributed by atoms with Gasteiger partial charge in [-0.25, -0.2) is 0 Å². The first-order chi connectivity index (χ1) is 15.7. The standard InChI is InChI=1S/C24H25N3O4S2/c1-10-5-4-6-11(7-10)25-14(28)9-27-21(29)15-12-8-13(16(15)22(27)30)18-17(12)24(2,3)19-20(32-18)26-23(31)33-19/h4-7,12-13,15-18H,8-9H2,1-3H3,(H,25,28)(H,26,31). The molecular formula is C24H25N3O4S2. The molecule has 2 bridgehead atoms. The van der Waals surface area contributed by atoms with Crippen LogP contribution in [0.25, 0.3) is 0 Å². The van der Waals surface area contributed by atoms with Crippen LogP contribution < -0.4 is 10.2 Å². The average molecular weight is 484 g/mol. The van der Waals surface area contributed by atoms with E-state index >= 15 is 0 Å². The van der Waals surface area contributed by atoms with Gasteiger partial charge in [-0.3, -0.25) is 24.1 Å². The second-order valence-electron chi connectivity index (χ2n) is 10.3. The number of likely N-dealkylation sites (tertiary alicyclic amines) is 1. The van der Waals surface area contributed by atoms with Gasteiger partial charge in [0.15, 0.2) is 0 Å². The van der Waals surface area contributed by atoms with Crippen molar-refractivity contribution in [2.24, 2.45) is 29.6 Å². The zero-order chi connectivity index (χ0) is 23.2. The molecule has 0 radical (unpaired) electrons. The monoisotopic (exact) mass is 483 g/mol. The fourth-order valence-electron chi connectivity index (χ4n) is 6.94. The van der Waals surface area contributed by atoms with E-state index in [9.17, 15) is 19.2 Å². The highest BCUT2D eigenvalue weighted by atomic mass is 32.2. The molecule has 2 N–H and O–H groups in total. The summed E-state index contributed by atoms with van der Waals surface area (Å²) in [5.41, 5.74) is 1.44. The zero-order valence-electron chi connectivity index (χ0n) is 18.6. The summed E-state index contributed by atoms with van der Waals surface area (Å²) in [5.74, 6) is -1.07.